The van der Waals surface area contributed by atoms with Crippen molar-refractivity contribution in [3.05, 3.63) is 63.7 Å². The second-order valence-electron chi connectivity index (χ2n) is 5.40. The largest absolute Gasteiger partial charge is 0.462 e. The van der Waals surface area contributed by atoms with Gasteiger partial charge in [-0.05, 0) is 50.1 Å². The Morgan fingerprint density at radius 1 is 1.36 bits per heavy atom. The van der Waals surface area contributed by atoms with E-state index in [1.807, 2.05) is 6.07 Å². The number of nitrogens with zero attached hydrogens (tertiary/aromatic N) is 1. The molecule has 0 saturated carbocycles. The number of ketones is 1. The molecule has 25 heavy (non-hydrogen) atoms. The van der Waals surface area contributed by atoms with E-state index in [0.29, 0.717) is 16.8 Å². The fraction of sp³-hybridized carbons (Fsp3) is 0.211. The number of aromatic amines is 1. The van der Waals surface area contributed by atoms with Gasteiger partial charge < -0.3 is 9.72 Å². The third-order valence-electron chi connectivity index (χ3n) is 3.67. The molecule has 0 unspecified atom stereocenters. The summed E-state index contributed by atoms with van der Waals surface area (Å²) in [6.45, 7) is 5.17. The summed E-state index contributed by atoms with van der Waals surface area (Å²) < 4.78 is 18.3. The number of esters is 1. The number of Topliss-reactive ketones (excluding diaryl/α,β-unsaturated/α-hetero) is 1. The highest BCUT2D eigenvalue weighted by atomic mass is 19.1. The Labute approximate surface area is 144 Å². The maximum atomic E-state index is 13.3. The van der Waals surface area contributed by atoms with Crippen molar-refractivity contribution in [2.24, 2.45) is 0 Å². The van der Waals surface area contributed by atoms with Gasteiger partial charge in [-0.15, -0.1) is 0 Å². The van der Waals surface area contributed by atoms with Gasteiger partial charge in [-0.3, -0.25) is 4.79 Å². The normalized spacial score (nSPS) is 11.1. The second-order valence-corrected chi connectivity index (χ2v) is 5.40. The second kappa shape index (κ2) is 7.58. The van der Waals surface area contributed by atoms with E-state index in [-0.39, 0.29) is 23.4 Å². The number of benzene rings is 1. The van der Waals surface area contributed by atoms with Crippen molar-refractivity contribution in [3.8, 4) is 6.07 Å². The Morgan fingerprint density at radius 2 is 2.08 bits per heavy atom. The van der Waals surface area contributed by atoms with Crippen molar-refractivity contribution in [2.45, 2.75) is 20.8 Å². The monoisotopic (exact) mass is 340 g/mol. The van der Waals surface area contributed by atoms with Gasteiger partial charge in [0.1, 0.15) is 17.5 Å². The number of nitrogens with one attached hydrogen (secondary N) is 1. The standard InChI is InChI=1S/C19H17FN2O3/c1-4-25-19(24)16-11(2)17(22-12(16)3)18(23)14(10-21)8-13-6-5-7-15(20)9-13/h5-9,22H,4H2,1-3H3/b14-8-. The minimum Gasteiger partial charge on any atom is -0.462 e. The van der Waals surface area contributed by atoms with Crippen LogP contribution in [0.3, 0.4) is 0 Å². The van der Waals surface area contributed by atoms with E-state index in [4.69, 9.17) is 4.74 Å². The summed E-state index contributed by atoms with van der Waals surface area (Å²) in [6.07, 6.45) is 1.31. The third-order valence-corrected chi connectivity index (χ3v) is 3.67. The number of H-pyrrole nitrogens is 1. The first-order valence-electron chi connectivity index (χ1n) is 7.67. The lowest BCUT2D eigenvalue weighted by molar-refractivity contribution is 0.0525. The third kappa shape index (κ3) is 3.83. The van der Waals surface area contributed by atoms with Gasteiger partial charge in [0.15, 0.2) is 0 Å². The molecule has 0 bridgehead atoms. The number of hydrogen-bond acceptors (Lipinski definition) is 4. The number of hydrogen-bond donors (Lipinski definition) is 1. The van der Waals surface area contributed by atoms with Crippen molar-refractivity contribution in [1.29, 1.82) is 5.26 Å². The van der Waals surface area contributed by atoms with Crippen LogP contribution < -0.4 is 0 Å². The molecule has 128 valence electrons. The molecule has 2 aromatic rings. The molecular weight excluding hydrogens is 323 g/mol. The fourth-order valence-corrected chi connectivity index (χ4v) is 2.53. The van der Waals surface area contributed by atoms with E-state index in [1.165, 1.54) is 24.3 Å². The lowest BCUT2D eigenvalue weighted by atomic mass is 10.0. The molecule has 1 aromatic heterocycles. The summed E-state index contributed by atoms with van der Waals surface area (Å²) >= 11 is 0. The number of halogens is 1. The quantitative estimate of drug-likeness (QED) is 0.389. The van der Waals surface area contributed by atoms with Crippen LogP contribution in [0.15, 0.2) is 29.8 Å². The molecule has 0 fully saturated rings. The first-order chi connectivity index (χ1) is 11.9. The van der Waals surface area contributed by atoms with E-state index in [0.717, 1.165) is 0 Å². The average Bonchev–Trinajstić information content (AvgIpc) is 2.87. The van der Waals surface area contributed by atoms with Gasteiger partial charge in [0.05, 0.1) is 17.9 Å². The lowest BCUT2D eigenvalue weighted by Crippen LogP contribution is -2.08. The van der Waals surface area contributed by atoms with Crippen molar-refractivity contribution in [3.63, 3.8) is 0 Å². The first-order valence-corrected chi connectivity index (χ1v) is 7.67. The maximum Gasteiger partial charge on any atom is 0.340 e. The van der Waals surface area contributed by atoms with Crippen LogP contribution in [0.2, 0.25) is 0 Å². The summed E-state index contributed by atoms with van der Waals surface area (Å²) in [5, 5.41) is 9.31. The average molecular weight is 340 g/mol. The first kappa shape index (κ1) is 18.1. The van der Waals surface area contributed by atoms with Gasteiger partial charge in [0.2, 0.25) is 5.78 Å². The number of rotatable bonds is 5. The summed E-state index contributed by atoms with van der Waals surface area (Å²) in [5.74, 6) is -1.56. The van der Waals surface area contributed by atoms with Gasteiger partial charge in [0.25, 0.3) is 0 Å². The smallest absolute Gasteiger partial charge is 0.340 e. The van der Waals surface area contributed by atoms with Crippen LogP contribution in [0, 0.1) is 31.0 Å². The van der Waals surface area contributed by atoms with Crippen LogP contribution in [0.5, 0.6) is 0 Å². The van der Waals surface area contributed by atoms with Gasteiger partial charge in [-0.2, -0.15) is 5.26 Å². The Balaban J connectivity index is 2.44. The minimum absolute atomic E-state index is 0.143. The molecule has 5 nitrogen and oxygen atoms in total. The molecule has 1 N–H and O–H groups in total. The van der Waals surface area contributed by atoms with Crippen molar-refractivity contribution in [2.75, 3.05) is 6.61 Å². The molecule has 0 saturated heterocycles. The molecule has 0 amide bonds. The molecule has 0 aliphatic carbocycles. The summed E-state index contributed by atoms with van der Waals surface area (Å²) in [6, 6.07) is 7.41. The Morgan fingerprint density at radius 3 is 2.68 bits per heavy atom. The number of ether oxygens (including phenoxy) is 1. The Hall–Kier alpha value is -3.20. The van der Waals surface area contributed by atoms with E-state index in [9.17, 15) is 19.2 Å². The van der Waals surface area contributed by atoms with Crippen LogP contribution >= 0.6 is 0 Å². The molecule has 6 heteroatoms. The molecule has 1 heterocycles. The predicted molar refractivity (Wildman–Crippen MR) is 90.5 cm³/mol. The zero-order valence-corrected chi connectivity index (χ0v) is 14.1. The van der Waals surface area contributed by atoms with Gasteiger partial charge in [0, 0.05) is 5.69 Å². The topological polar surface area (TPSA) is 83.0 Å². The Bertz CT molecular complexity index is 904. The SMILES string of the molecule is CCOC(=O)c1c(C)[nH]c(C(=O)/C(C#N)=C\c2cccc(F)c2)c1C. The number of aryl methyl sites for hydroxylation is 1. The summed E-state index contributed by atoms with van der Waals surface area (Å²) in [4.78, 5) is 27.5. The van der Waals surface area contributed by atoms with Crippen molar-refractivity contribution < 1.29 is 18.7 Å². The van der Waals surface area contributed by atoms with E-state index in [1.54, 1.807) is 26.8 Å². The number of carbonyl (C=O) groups excluding carboxylic acids is 2. The van der Waals surface area contributed by atoms with Crippen LogP contribution in [-0.4, -0.2) is 23.3 Å². The molecule has 2 rings (SSSR count). The molecule has 0 atom stereocenters. The highest BCUT2D eigenvalue weighted by Crippen LogP contribution is 2.22. The predicted octanol–water partition coefficient (Wildman–Crippen LogP) is 3.74. The Kier molecular flexibility index (Phi) is 5.50. The number of aromatic nitrogens is 1. The van der Waals surface area contributed by atoms with Crippen molar-refractivity contribution in [1.82, 2.24) is 4.98 Å². The van der Waals surface area contributed by atoms with Gasteiger partial charge >= 0.3 is 5.97 Å². The molecule has 0 radical (unpaired) electrons. The molecule has 1 aromatic carbocycles. The van der Waals surface area contributed by atoms with Crippen LogP contribution in [0.4, 0.5) is 4.39 Å². The molecular formula is C19H17FN2O3. The number of nitriles is 1. The van der Waals surface area contributed by atoms with Crippen LogP contribution in [0.25, 0.3) is 6.08 Å². The lowest BCUT2D eigenvalue weighted by Gasteiger charge is -2.02. The molecule has 0 aliphatic heterocycles. The van der Waals surface area contributed by atoms with E-state index >= 15 is 0 Å². The highest BCUT2D eigenvalue weighted by Gasteiger charge is 2.24. The zero-order valence-electron chi connectivity index (χ0n) is 14.1. The van der Waals surface area contributed by atoms with Gasteiger partial charge in [-0.1, -0.05) is 12.1 Å². The number of allylic oxidation sites excluding steroid dienone is 1. The fourth-order valence-electron chi connectivity index (χ4n) is 2.53. The molecule has 0 spiro atoms. The minimum atomic E-state index is -0.567. The van der Waals surface area contributed by atoms with Crippen molar-refractivity contribution >= 4 is 17.8 Å². The zero-order chi connectivity index (χ0) is 18.6. The van der Waals surface area contributed by atoms with Gasteiger partial charge in [-0.25, -0.2) is 9.18 Å². The highest BCUT2D eigenvalue weighted by molar-refractivity contribution is 6.15. The summed E-state index contributed by atoms with van der Waals surface area (Å²) in [5.41, 5.74) is 1.57. The van der Waals surface area contributed by atoms with E-state index in [2.05, 4.69) is 4.98 Å². The maximum absolute atomic E-state index is 13.3. The summed E-state index contributed by atoms with van der Waals surface area (Å²) in [7, 11) is 0. The van der Waals surface area contributed by atoms with E-state index < -0.39 is 17.6 Å². The molecule has 0 aliphatic rings. The van der Waals surface area contributed by atoms with Crippen LogP contribution in [-0.2, 0) is 4.74 Å². The number of carbonyl (C=O) groups is 2. The van der Waals surface area contributed by atoms with Crippen LogP contribution in [0.1, 0.15) is 44.6 Å².